The highest BCUT2D eigenvalue weighted by atomic mass is 32.2. The van der Waals surface area contributed by atoms with Gasteiger partial charge in [0.25, 0.3) is 0 Å². The lowest BCUT2D eigenvalue weighted by Crippen LogP contribution is -2.14. The second kappa shape index (κ2) is 8.11. The van der Waals surface area contributed by atoms with Crippen LogP contribution in [0.5, 0.6) is 0 Å². The summed E-state index contributed by atoms with van der Waals surface area (Å²) in [5.41, 5.74) is 4.06. The summed E-state index contributed by atoms with van der Waals surface area (Å²) in [6, 6.07) is 4.86. The van der Waals surface area contributed by atoms with Crippen LogP contribution < -0.4 is 5.32 Å². The van der Waals surface area contributed by atoms with Gasteiger partial charge < -0.3 is 10.4 Å². The van der Waals surface area contributed by atoms with Crippen LogP contribution in [0, 0.1) is 20.8 Å². The van der Waals surface area contributed by atoms with Gasteiger partial charge in [0.2, 0.25) is 5.91 Å². The molecule has 0 atom stereocenters. The predicted octanol–water partition coefficient (Wildman–Crippen LogP) is 3.39. The van der Waals surface area contributed by atoms with Crippen LogP contribution in [0.1, 0.15) is 39.3 Å². The smallest absolute Gasteiger partial charge is 0.336 e. The number of anilines is 1. The van der Waals surface area contributed by atoms with Gasteiger partial charge in [-0.25, -0.2) is 14.8 Å². The molecule has 1 amide bonds. The van der Waals surface area contributed by atoms with E-state index < -0.39 is 5.97 Å². The quantitative estimate of drug-likeness (QED) is 0.607. The Morgan fingerprint density at radius 2 is 1.80 bits per heavy atom. The minimum absolute atomic E-state index is 0.173. The molecule has 2 rings (SSSR count). The number of hydrogen-bond acceptors (Lipinski definition) is 5. The van der Waals surface area contributed by atoms with Gasteiger partial charge in [0, 0.05) is 23.5 Å². The Hall–Kier alpha value is -2.41. The van der Waals surface area contributed by atoms with Crippen LogP contribution >= 0.6 is 11.8 Å². The standard InChI is InChI=1S/C18H21N3O3S/c1-10-5-6-13(9-15(10)17(23)24)21-16(22)8-7-14-11(2)19-18(25-4)20-12(14)3/h5-6,9H,7-8H2,1-4H3,(H,21,22)(H,23,24). The highest BCUT2D eigenvalue weighted by Crippen LogP contribution is 2.18. The van der Waals surface area contributed by atoms with E-state index in [2.05, 4.69) is 15.3 Å². The van der Waals surface area contributed by atoms with Crippen molar-refractivity contribution in [1.82, 2.24) is 9.97 Å². The van der Waals surface area contributed by atoms with Crippen LogP contribution in [0.4, 0.5) is 5.69 Å². The average Bonchev–Trinajstić information content (AvgIpc) is 2.55. The van der Waals surface area contributed by atoms with Gasteiger partial charge in [-0.2, -0.15) is 0 Å². The monoisotopic (exact) mass is 359 g/mol. The van der Waals surface area contributed by atoms with E-state index in [1.807, 2.05) is 20.1 Å². The van der Waals surface area contributed by atoms with Gasteiger partial charge >= 0.3 is 5.97 Å². The van der Waals surface area contributed by atoms with E-state index in [0.29, 0.717) is 17.7 Å². The number of aryl methyl sites for hydroxylation is 3. The number of carbonyl (C=O) groups is 2. The molecule has 0 aliphatic rings. The van der Waals surface area contributed by atoms with E-state index in [9.17, 15) is 9.59 Å². The molecule has 2 N–H and O–H groups in total. The van der Waals surface area contributed by atoms with Crippen LogP contribution in [-0.4, -0.2) is 33.2 Å². The number of rotatable bonds is 6. The van der Waals surface area contributed by atoms with Gasteiger partial charge in [0.05, 0.1) is 5.56 Å². The summed E-state index contributed by atoms with van der Waals surface area (Å²) in [6.07, 6.45) is 2.74. The van der Waals surface area contributed by atoms with Crippen LogP contribution in [-0.2, 0) is 11.2 Å². The molecular formula is C18H21N3O3S. The summed E-state index contributed by atoms with van der Waals surface area (Å²) in [5.74, 6) is -1.18. The van der Waals surface area contributed by atoms with Crippen molar-refractivity contribution in [2.45, 2.75) is 38.8 Å². The first kappa shape index (κ1) is 18.9. The third kappa shape index (κ3) is 4.79. The van der Waals surface area contributed by atoms with Crippen LogP contribution in [0.15, 0.2) is 23.4 Å². The van der Waals surface area contributed by atoms with Gasteiger partial charge in [-0.1, -0.05) is 17.8 Å². The molecule has 0 fully saturated rings. The number of carbonyl (C=O) groups excluding carboxylic acids is 1. The van der Waals surface area contributed by atoms with Crippen molar-refractivity contribution in [3.8, 4) is 0 Å². The van der Waals surface area contributed by atoms with E-state index >= 15 is 0 Å². The lowest BCUT2D eigenvalue weighted by atomic mass is 10.1. The lowest BCUT2D eigenvalue weighted by molar-refractivity contribution is -0.116. The molecule has 0 unspecified atom stereocenters. The predicted molar refractivity (Wildman–Crippen MR) is 98.4 cm³/mol. The first-order valence-electron chi connectivity index (χ1n) is 7.83. The largest absolute Gasteiger partial charge is 0.478 e. The summed E-state index contributed by atoms with van der Waals surface area (Å²) in [7, 11) is 0. The van der Waals surface area contributed by atoms with Crippen LogP contribution in [0.2, 0.25) is 0 Å². The van der Waals surface area contributed by atoms with E-state index in [0.717, 1.165) is 22.1 Å². The molecule has 0 aliphatic carbocycles. The van der Waals surface area contributed by atoms with Crippen LogP contribution in [0.3, 0.4) is 0 Å². The number of benzene rings is 1. The molecule has 0 radical (unpaired) electrons. The number of carboxylic acids is 1. The first-order valence-corrected chi connectivity index (χ1v) is 9.06. The first-order chi connectivity index (χ1) is 11.8. The topological polar surface area (TPSA) is 92.2 Å². The average molecular weight is 359 g/mol. The molecule has 7 heteroatoms. The van der Waals surface area contributed by atoms with Crippen molar-refractivity contribution in [1.29, 1.82) is 0 Å². The second-order valence-corrected chi connectivity index (χ2v) is 6.52. The van der Waals surface area contributed by atoms with E-state index in [4.69, 9.17) is 5.11 Å². The summed E-state index contributed by atoms with van der Waals surface area (Å²) < 4.78 is 0. The Morgan fingerprint density at radius 3 is 2.36 bits per heavy atom. The maximum absolute atomic E-state index is 12.2. The third-order valence-electron chi connectivity index (χ3n) is 3.94. The molecule has 1 aromatic carbocycles. The van der Waals surface area contributed by atoms with Crippen molar-refractivity contribution in [3.05, 3.63) is 46.3 Å². The molecule has 0 aliphatic heterocycles. The van der Waals surface area contributed by atoms with Crippen molar-refractivity contribution in [3.63, 3.8) is 0 Å². The summed E-state index contributed by atoms with van der Waals surface area (Å²) in [5, 5.41) is 12.6. The molecule has 1 aromatic heterocycles. The number of hydrogen-bond donors (Lipinski definition) is 2. The molecule has 132 valence electrons. The van der Waals surface area contributed by atoms with E-state index in [-0.39, 0.29) is 17.9 Å². The fraction of sp³-hybridized carbons (Fsp3) is 0.333. The SMILES string of the molecule is CSc1nc(C)c(CCC(=O)Nc2ccc(C)c(C(=O)O)c2)c(C)n1. The molecule has 25 heavy (non-hydrogen) atoms. The van der Waals surface area contributed by atoms with Crippen molar-refractivity contribution in [2.24, 2.45) is 0 Å². The maximum Gasteiger partial charge on any atom is 0.336 e. The summed E-state index contributed by atoms with van der Waals surface area (Å²) in [6.45, 7) is 5.56. The third-order valence-corrected chi connectivity index (χ3v) is 4.48. The molecule has 0 bridgehead atoms. The fourth-order valence-electron chi connectivity index (χ4n) is 2.55. The minimum atomic E-state index is -1.01. The van der Waals surface area contributed by atoms with Crippen molar-refractivity contribution >= 4 is 29.3 Å². The second-order valence-electron chi connectivity index (χ2n) is 5.74. The zero-order chi connectivity index (χ0) is 18.6. The van der Waals surface area contributed by atoms with Gasteiger partial charge in [0.15, 0.2) is 5.16 Å². The Kier molecular flexibility index (Phi) is 6.14. The molecule has 0 saturated carbocycles. The van der Waals surface area contributed by atoms with Gasteiger partial charge in [-0.15, -0.1) is 0 Å². The van der Waals surface area contributed by atoms with Gasteiger partial charge in [0.1, 0.15) is 0 Å². The number of aromatic nitrogens is 2. The normalized spacial score (nSPS) is 10.6. The Labute approximate surface area is 151 Å². The molecule has 0 saturated heterocycles. The molecule has 1 heterocycles. The molecule has 6 nitrogen and oxygen atoms in total. The molecule has 0 spiro atoms. The highest BCUT2D eigenvalue weighted by Gasteiger charge is 2.12. The number of thioether (sulfide) groups is 1. The number of nitrogens with one attached hydrogen (secondary N) is 1. The number of amides is 1. The maximum atomic E-state index is 12.2. The Bertz CT molecular complexity index is 798. The van der Waals surface area contributed by atoms with E-state index in [1.165, 1.54) is 17.8 Å². The van der Waals surface area contributed by atoms with Crippen molar-refractivity contribution < 1.29 is 14.7 Å². The number of aromatic carboxylic acids is 1. The molecular weight excluding hydrogens is 338 g/mol. The van der Waals surface area contributed by atoms with Crippen molar-refractivity contribution in [2.75, 3.05) is 11.6 Å². The number of nitrogens with zero attached hydrogens (tertiary/aromatic N) is 2. The lowest BCUT2D eigenvalue weighted by Gasteiger charge is -2.11. The van der Waals surface area contributed by atoms with E-state index in [1.54, 1.807) is 19.1 Å². The van der Waals surface area contributed by atoms with Gasteiger partial charge in [-0.05, 0) is 56.7 Å². The summed E-state index contributed by atoms with van der Waals surface area (Å²) in [4.78, 5) is 32.2. The summed E-state index contributed by atoms with van der Waals surface area (Å²) >= 11 is 1.49. The van der Waals surface area contributed by atoms with Gasteiger partial charge in [-0.3, -0.25) is 4.79 Å². The highest BCUT2D eigenvalue weighted by molar-refractivity contribution is 7.98. The minimum Gasteiger partial charge on any atom is -0.478 e. The zero-order valence-electron chi connectivity index (χ0n) is 14.7. The Balaban J connectivity index is 2.04. The van der Waals surface area contributed by atoms with Crippen LogP contribution in [0.25, 0.3) is 0 Å². The molecule has 2 aromatic rings. The number of carboxylic acid groups (broad SMARTS) is 1. The Morgan fingerprint density at radius 1 is 1.16 bits per heavy atom. The zero-order valence-corrected chi connectivity index (χ0v) is 15.5. The fourth-order valence-corrected chi connectivity index (χ4v) is 3.01.